The highest BCUT2D eigenvalue weighted by molar-refractivity contribution is 7.89. The van der Waals surface area contributed by atoms with E-state index >= 15 is 0 Å². The summed E-state index contributed by atoms with van der Waals surface area (Å²) in [5.41, 5.74) is 5.33. The van der Waals surface area contributed by atoms with E-state index in [9.17, 15) is 8.42 Å². The Labute approximate surface area is 92.3 Å². The molecule has 0 aromatic heterocycles. The van der Waals surface area contributed by atoms with Crippen LogP contribution in [0.3, 0.4) is 0 Å². The smallest absolute Gasteiger partial charge is 0.217 e. The zero-order valence-electron chi connectivity index (χ0n) is 9.52. The van der Waals surface area contributed by atoms with E-state index in [4.69, 9.17) is 10.8 Å². The van der Waals surface area contributed by atoms with Crippen LogP contribution in [-0.4, -0.2) is 49.8 Å². The van der Waals surface area contributed by atoms with Crippen LogP contribution in [0.5, 0.6) is 0 Å². The Morgan fingerprint density at radius 1 is 1.33 bits per heavy atom. The van der Waals surface area contributed by atoms with Gasteiger partial charge in [-0.25, -0.2) is 12.7 Å². The summed E-state index contributed by atoms with van der Waals surface area (Å²) in [7, 11) is -1.66. The van der Waals surface area contributed by atoms with Crippen molar-refractivity contribution < 1.29 is 13.5 Å². The van der Waals surface area contributed by atoms with E-state index in [-0.39, 0.29) is 13.2 Å². The first-order valence-electron chi connectivity index (χ1n) is 5.23. The number of sulfonamides is 1. The van der Waals surface area contributed by atoms with Crippen LogP contribution in [0.1, 0.15) is 26.2 Å². The molecule has 15 heavy (non-hydrogen) atoms. The van der Waals surface area contributed by atoms with Crippen molar-refractivity contribution in [2.45, 2.75) is 31.4 Å². The second-order valence-electron chi connectivity index (χ2n) is 3.70. The van der Waals surface area contributed by atoms with Crippen LogP contribution in [0.2, 0.25) is 0 Å². The normalized spacial score (nSPS) is 14.5. The van der Waals surface area contributed by atoms with Crippen LogP contribution in [0.15, 0.2) is 0 Å². The van der Waals surface area contributed by atoms with Gasteiger partial charge in [-0.1, -0.05) is 0 Å². The van der Waals surface area contributed by atoms with Gasteiger partial charge < -0.3 is 10.8 Å². The minimum absolute atomic E-state index is 0.142. The molecule has 1 atom stereocenters. The Kier molecular flexibility index (Phi) is 7.08. The zero-order valence-corrected chi connectivity index (χ0v) is 10.3. The SMILES string of the molecule is CC(CN)S(=O)(=O)N(C)CCCCCO. The number of unbranched alkanes of at least 4 members (excludes halogenated alkanes) is 2. The first-order chi connectivity index (χ1) is 6.96. The third-order valence-electron chi connectivity index (χ3n) is 2.41. The summed E-state index contributed by atoms with van der Waals surface area (Å²) in [5.74, 6) is 0. The highest BCUT2D eigenvalue weighted by atomic mass is 32.2. The predicted molar refractivity (Wildman–Crippen MR) is 61.0 cm³/mol. The van der Waals surface area contributed by atoms with Gasteiger partial charge in [0.2, 0.25) is 10.0 Å². The fourth-order valence-electron chi connectivity index (χ4n) is 1.18. The molecule has 0 saturated carbocycles. The third-order valence-corrected chi connectivity index (χ3v) is 4.67. The second kappa shape index (κ2) is 7.16. The maximum atomic E-state index is 11.7. The van der Waals surface area contributed by atoms with Crippen LogP contribution in [0, 0.1) is 0 Å². The number of rotatable bonds is 8. The molecule has 1 unspecified atom stereocenters. The van der Waals surface area contributed by atoms with E-state index < -0.39 is 15.3 Å². The molecule has 0 aliphatic carbocycles. The lowest BCUT2D eigenvalue weighted by Gasteiger charge is -2.20. The van der Waals surface area contributed by atoms with E-state index in [1.165, 1.54) is 4.31 Å². The number of aliphatic hydroxyl groups excluding tert-OH is 1. The Bertz CT molecular complexity index is 254. The lowest BCUT2D eigenvalue weighted by atomic mass is 10.2. The predicted octanol–water partition coefficient (Wildman–Crippen LogP) is -0.242. The molecule has 92 valence electrons. The van der Waals surface area contributed by atoms with E-state index in [2.05, 4.69) is 0 Å². The lowest BCUT2D eigenvalue weighted by Crippen LogP contribution is -2.38. The summed E-state index contributed by atoms with van der Waals surface area (Å²) < 4.78 is 24.8. The molecule has 0 aliphatic rings. The molecule has 0 bridgehead atoms. The zero-order chi connectivity index (χ0) is 11.9. The van der Waals surface area contributed by atoms with Crippen molar-refractivity contribution in [3.8, 4) is 0 Å². The average molecular weight is 238 g/mol. The molecule has 0 rings (SSSR count). The van der Waals surface area contributed by atoms with Crippen molar-refractivity contribution in [2.24, 2.45) is 5.73 Å². The molecule has 0 heterocycles. The molecule has 0 amide bonds. The molecule has 6 heteroatoms. The maximum absolute atomic E-state index is 11.7. The number of hydrogen-bond acceptors (Lipinski definition) is 4. The standard InChI is InChI=1S/C9H22N2O3S/c1-9(8-10)15(13,14)11(2)6-4-3-5-7-12/h9,12H,3-8,10H2,1-2H3. The quantitative estimate of drug-likeness (QED) is 0.572. The maximum Gasteiger partial charge on any atom is 0.217 e. The van der Waals surface area contributed by atoms with Crippen molar-refractivity contribution >= 4 is 10.0 Å². The van der Waals surface area contributed by atoms with Gasteiger partial charge in [0.05, 0.1) is 5.25 Å². The number of nitrogens with zero attached hydrogens (tertiary/aromatic N) is 1. The Balaban J connectivity index is 4.03. The molecule has 0 radical (unpaired) electrons. The van der Waals surface area contributed by atoms with Crippen LogP contribution in [-0.2, 0) is 10.0 Å². The molecular weight excluding hydrogens is 216 g/mol. The Hall–Kier alpha value is -0.170. The first-order valence-corrected chi connectivity index (χ1v) is 6.73. The van der Waals surface area contributed by atoms with Crippen molar-refractivity contribution in [1.29, 1.82) is 0 Å². The fourth-order valence-corrected chi connectivity index (χ4v) is 2.42. The van der Waals surface area contributed by atoms with Crippen LogP contribution in [0.25, 0.3) is 0 Å². The molecule has 5 nitrogen and oxygen atoms in total. The summed E-state index contributed by atoms with van der Waals surface area (Å²) in [4.78, 5) is 0. The van der Waals surface area contributed by atoms with Crippen molar-refractivity contribution in [1.82, 2.24) is 4.31 Å². The highest BCUT2D eigenvalue weighted by Gasteiger charge is 2.23. The molecular formula is C9H22N2O3S. The van der Waals surface area contributed by atoms with Gasteiger partial charge in [-0.15, -0.1) is 0 Å². The van der Waals surface area contributed by atoms with Gasteiger partial charge >= 0.3 is 0 Å². The van der Waals surface area contributed by atoms with E-state index in [0.29, 0.717) is 6.54 Å². The number of aliphatic hydroxyl groups is 1. The number of nitrogens with two attached hydrogens (primary N) is 1. The monoisotopic (exact) mass is 238 g/mol. The highest BCUT2D eigenvalue weighted by Crippen LogP contribution is 2.07. The molecule has 0 spiro atoms. The summed E-state index contributed by atoms with van der Waals surface area (Å²) in [6, 6.07) is 0. The lowest BCUT2D eigenvalue weighted by molar-refractivity contribution is 0.281. The first kappa shape index (κ1) is 14.8. The van der Waals surface area contributed by atoms with E-state index in [1.54, 1.807) is 14.0 Å². The van der Waals surface area contributed by atoms with Gasteiger partial charge in [-0.05, 0) is 26.2 Å². The summed E-state index contributed by atoms with van der Waals surface area (Å²) in [5, 5.41) is 8.04. The van der Waals surface area contributed by atoms with Crippen LogP contribution in [0.4, 0.5) is 0 Å². The summed E-state index contributed by atoms with van der Waals surface area (Å²) in [6.45, 7) is 2.41. The van der Waals surface area contributed by atoms with E-state index in [0.717, 1.165) is 19.3 Å². The van der Waals surface area contributed by atoms with Gasteiger partial charge in [0.15, 0.2) is 0 Å². The van der Waals surface area contributed by atoms with Gasteiger partial charge in [0.25, 0.3) is 0 Å². The van der Waals surface area contributed by atoms with Gasteiger partial charge in [-0.3, -0.25) is 0 Å². The van der Waals surface area contributed by atoms with Crippen LogP contribution < -0.4 is 5.73 Å². The van der Waals surface area contributed by atoms with Crippen LogP contribution >= 0.6 is 0 Å². The third kappa shape index (κ3) is 4.92. The molecule has 0 aromatic rings. The van der Waals surface area contributed by atoms with E-state index in [1.807, 2.05) is 0 Å². The van der Waals surface area contributed by atoms with Crippen molar-refractivity contribution in [3.05, 3.63) is 0 Å². The molecule has 0 aliphatic heterocycles. The Morgan fingerprint density at radius 2 is 1.93 bits per heavy atom. The van der Waals surface area contributed by atoms with Crippen molar-refractivity contribution in [3.63, 3.8) is 0 Å². The molecule has 3 N–H and O–H groups in total. The largest absolute Gasteiger partial charge is 0.396 e. The van der Waals surface area contributed by atoms with Gasteiger partial charge in [-0.2, -0.15) is 0 Å². The van der Waals surface area contributed by atoms with Gasteiger partial charge in [0, 0.05) is 26.7 Å². The summed E-state index contributed by atoms with van der Waals surface area (Å²) in [6.07, 6.45) is 2.33. The second-order valence-corrected chi connectivity index (χ2v) is 6.16. The molecule has 0 aromatic carbocycles. The van der Waals surface area contributed by atoms with Crippen molar-refractivity contribution in [2.75, 3.05) is 26.7 Å². The minimum Gasteiger partial charge on any atom is -0.396 e. The Morgan fingerprint density at radius 3 is 2.40 bits per heavy atom. The topological polar surface area (TPSA) is 83.6 Å². The molecule has 0 saturated heterocycles. The fraction of sp³-hybridized carbons (Fsp3) is 1.00. The number of hydrogen-bond donors (Lipinski definition) is 2. The van der Waals surface area contributed by atoms with Gasteiger partial charge in [0.1, 0.15) is 0 Å². The summed E-state index contributed by atoms with van der Waals surface area (Å²) >= 11 is 0. The molecule has 0 fully saturated rings. The average Bonchev–Trinajstić information content (AvgIpc) is 2.22. The minimum atomic E-state index is -3.23.